The number of nitrogens with zero attached hydrogens (tertiary/aromatic N) is 2. The molecule has 0 aliphatic heterocycles. The number of anilines is 2. The SMILES string of the molecule is COc1ccc(CNc2nc(C)cc(NCCc3ccccc3)n2)cc1. The molecule has 2 N–H and O–H groups in total. The molecule has 0 amide bonds. The van der Waals surface area contributed by atoms with Crippen LogP contribution in [0.1, 0.15) is 16.8 Å². The number of aryl methyl sites for hydroxylation is 1. The molecule has 0 saturated carbocycles. The van der Waals surface area contributed by atoms with Gasteiger partial charge in [-0.1, -0.05) is 42.5 Å². The van der Waals surface area contributed by atoms with E-state index in [4.69, 9.17) is 4.74 Å². The highest BCUT2D eigenvalue weighted by Gasteiger charge is 2.03. The number of rotatable bonds is 8. The second-order valence-corrected chi connectivity index (χ2v) is 6.08. The smallest absolute Gasteiger partial charge is 0.225 e. The zero-order valence-corrected chi connectivity index (χ0v) is 15.2. The van der Waals surface area contributed by atoms with Gasteiger partial charge in [0.05, 0.1) is 7.11 Å². The van der Waals surface area contributed by atoms with Crippen molar-refractivity contribution in [1.82, 2.24) is 9.97 Å². The van der Waals surface area contributed by atoms with Gasteiger partial charge < -0.3 is 15.4 Å². The van der Waals surface area contributed by atoms with Crippen molar-refractivity contribution in [2.24, 2.45) is 0 Å². The first kappa shape index (κ1) is 17.7. The fourth-order valence-electron chi connectivity index (χ4n) is 2.64. The van der Waals surface area contributed by atoms with Crippen molar-refractivity contribution in [3.8, 4) is 5.75 Å². The monoisotopic (exact) mass is 348 g/mol. The van der Waals surface area contributed by atoms with Gasteiger partial charge in [0.1, 0.15) is 11.6 Å². The standard InChI is InChI=1S/C21H24N4O/c1-16-14-20(22-13-12-17-6-4-3-5-7-17)25-21(24-16)23-15-18-8-10-19(26-2)11-9-18/h3-11,14H,12-13,15H2,1-2H3,(H2,22,23,24,25). The van der Waals surface area contributed by atoms with E-state index in [9.17, 15) is 0 Å². The second kappa shape index (κ2) is 8.85. The van der Waals surface area contributed by atoms with E-state index in [1.165, 1.54) is 5.56 Å². The Balaban J connectivity index is 1.56. The molecule has 0 spiro atoms. The van der Waals surface area contributed by atoms with Crippen LogP contribution in [0.4, 0.5) is 11.8 Å². The van der Waals surface area contributed by atoms with E-state index in [0.717, 1.165) is 35.8 Å². The molecule has 3 rings (SSSR count). The van der Waals surface area contributed by atoms with E-state index >= 15 is 0 Å². The highest BCUT2D eigenvalue weighted by atomic mass is 16.5. The lowest BCUT2D eigenvalue weighted by molar-refractivity contribution is 0.414. The van der Waals surface area contributed by atoms with Gasteiger partial charge >= 0.3 is 0 Å². The molecule has 1 aromatic heterocycles. The summed E-state index contributed by atoms with van der Waals surface area (Å²) < 4.78 is 5.18. The highest BCUT2D eigenvalue weighted by molar-refractivity contribution is 5.43. The molecule has 0 fully saturated rings. The number of methoxy groups -OCH3 is 1. The van der Waals surface area contributed by atoms with Crippen molar-refractivity contribution in [2.45, 2.75) is 19.9 Å². The molecule has 1 heterocycles. The van der Waals surface area contributed by atoms with Crippen LogP contribution in [-0.2, 0) is 13.0 Å². The van der Waals surface area contributed by atoms with Crippen molar-refractivity contribution >= 4 is 11.8 Å². The van der Waals surface area contributed by atoms with Crippen LogP contribution in [0.25, 0.3) is 0 Å². The van der Waals surface area contributed by atoms with Gasteiger partial charge in [-0.25, -0.2) is 4.98 Å². The summed E-state index contributed by atoms with van der Waals surface area (Å²) in [6, 6.07) is 20.3. The molecular formula is C21H24N4O. The van der Waals surface area contributed by atoms with Crippen molar-refractivity contribution in [3.63, 3.8) is 0 Å². The average Bonchev–Trinajstić information content (AvgIpc) is 2.67. The molecule has 5 nitrogen and oxygen atoms in total. The maximum Gasteiger partial charge on any atom is 0.225 e. The van der Waals surface area contributed by atoms with Gasteiger partial charge in [0, 0.05) is 24.8 Å². The zero-order valence-electron chi connectivity index (χ0n) is 15.2. The van der Waals surface area contributed by atoms with E-state index in [1.807, 2.05) is 43.3 Å². The van der Waals surface area contributed by atoms with Gasteiger partial charge in [-0.2, -0.15) is 4.98 Å². The van der Waals surface area contributed by atoms with Crippen LogP contribution in [-0.4, -0.2) is 23.6 Å². The molecular weight excluding hydrogens is 324 g/mol. The summed E-state index contributed by atoms with van der Waals surface area (Å²) in [6.45, 7) is 3.47. The summed E-state index contributed by atoms with van der Waals surface area (Å²) in [7, 11) is 1.67. The topological polar surface area (TPSA) is 59.1 Å². The normalized spacial score (nSPS) is 10.4. The van der Waals surface area contributed by atoms with E-state index < -0.39 is 0 Å². The molecule has 26 heavy (non-hydrogen) atoms. The number of benzene rings is 2. The van der Waals surface area contributed by atoms with E-state index in [-0.39, 0.29) is 0 Å². The zero-order chi connectivity index (χ0) is 18.2. The Morgan fingerprint density at radius 3 is 2.38 bits per heavy atom. The highest BCUT2D eigenvalue weighted by Crippen LogP contribution is 2.14. The minimum absolute atomic E-state index is 0.628. The largest absolute Gasteiger partial charge is 0.497 e. The Morgan fingerprint density at radius 2 is 1.65 bits per heavy atom. The molecule has 0 saturated heterocycles. The third-order valence-corrected chi connectivity index (χ3v) is 4.03. The number of hydrogen-bond donors (Lipinski definition) is 2. The van der Waals surface area contributed by atoms with Crippen LogP contribution >= 0.6 is 0 Å². The van der Waals surface area contributed by atoms with Crippen LogP contribution in [0.5, 0.6) is 5.75 Å². The molecule has 134 valence electrons. The third-order valence-electron chi connectivity index (χ3n) is 4.03. The molecule has 0 unspecified atom stereocenters. The van der Waals surface area contributed by atoms with E-state index in [1.54, 1.807) is 7.11 Å². The number of hydrogen-bond acceptors (Lipinski definition) is 5. The van der Waals surface area contributed by atoms with Crippen molar-refractivity contribution in [1.29, 1.82) is 0 Å². The number of ether oxygens (including phenoxy) is 1. The fraction of sp³-hybridized carbons (Fsp3) is 0.238. The van der Waals surface area contributed by atoms with Crippen molar-refractivity contribution in [2.75, 3.05) is 24.3 Å². The van der Waals surface area contributed by atoms with Crippen molar-refractivity contribution in [3.05, 3.63) is 77.5 Å². The Morgan fingerprint density at radius 1 is 0.885 bits per heavy atom. The minimum Gasteiger partial charge on any atom is -0.497 e. The van der Waals surface area contributed by atoms with Gasteiger partial charge in [0.2, 0.25) is 5.95 Å². The van der Waals surface area contributed by atoms with E-state index in [0.29, 0.717) is 12.5 Å². The lowest BCUT2D eigenvalue weighted by Gasteiger charge is -2.10. The molecule has 2 aromatic carbocycles. The number of aromatic nitrogens is 2. The molecule has 5 heteroatoms. The summed E-state index contributed by atoms with van der Waals surface area (Å²) in [5.41, 5.74) is 3.39. The van der Waals surface area contributed by atoms with Crippen LogP contribution < -0.4 is 15.4 Å². The summed E-state index contributed by atoms with van der Waals surface area (Å²) in [5, 5.41) is 6.66. The second-order valence-electron chi connectivity index (χ2n) is 6.08. The molecule has 0 radical (unpaired) electrons. The third kappa shape index (κ3) is 5.21. The van der Waals surface area contributed by atoms with Gasteiger partial charge in [-0.15, -0.1) is 0 Å². The molecule has 0 aliphatic rings. The summed E-state index contributed by atoms with van der Waals surface area (Å²) in [5.74, 6) is 2.32. The molecule has 0 bridgehead atoms. The van der Waals surface area contributed by atoms with Gasteiger partial charge in [-0.3, -0.25) is 0 Å². The summed E-state index contributed by atoms with van der Waals surface area (Å²) in [4.78, 5) is 9.02. The Hall–Kier alpha value is -3.08. The first-order valence-electron chi connectivity index (χ1n) is 8.73. The lowest BCUT2D eigenvalue weighted by atomic mass is 10.1. The van der Waals surface area contributed by atoms with Crippen LogP contribution in [0, 0.1) is 6.92 Å². The Bertz CT molecular complexity index is 819. The predicted octanol–water partition coefficient (Wildman–Crippen LogP) is 4.06. The first-order chi connectivity index (χ1) is 12.7. The van der Waals surface area contributed by atoms with Crippen LogP contribution in [0.3, 0.4) is 0 Å². The average molecular weight is 348 g/mol. The Kier molecular flexibility index (Phi) is 6.04. The molecule has 3 aromatic rings. The summed E-state index contributed by atoms with van der Waals surface area (Å²) >= 11 is 0. The van der Waals surface area contributed by atoms with Gasteiger partial charge in [0.25, 0.3) is 0 Å². The fourth-order valence-corrected chi connectivity index (χ4v) is 2.64. The van der Waals surface area contributed by atoms with Crippen LogP contribution in [0.15, 0.2) is 60.7 Å². The Labute approximate surface area is 154 Å². The number of nitrogens with one attached hydrogen (secondary N) is 2. The summed E-state index contributed by atoms with van der Waals surface area (Å²) in [6.07, 6.45) is 0.957. The van der Waals surface area contributed by atoms with Crippen LogP contribution in [0.2, 0.25) is 0 Å². The van der Waals surface area contributed by atoms with Gasteiger partial charge in [-0.05, 0) is 36.6 Å². The lowest BCUT2D eigenvalue weighted by Crippen LogP contribution is -2.10. The molecule has 0 aliphatic carbocycles. The predicted molar refractivity (Wildman–Crippen MR) is 106 cm³/mol. The maximum absolute atomic E-state index is 5.18. The van der Waals surface area contributed by atoms with E-state index in [2.05, 4.69) is 44.9 Å². The van der Waals surface area contributed by atoms with Gasteiger partial charge in [0.15, 0.2) is 0 Å². The quantitative estimate of drug-likeness (QED) is 0.643. The molecule has 0 atom stereocenters. The van der Waals surface area contributed by atoms with Crippen molar-refractivity contribution < 1.29 is 4.74 Å². The maximum atomic E-state index is 5.18. The first-order valence-corrected chi connectivity index (χ1v) is 8.73. The minimum atomic E-state index is 0.628.